The van der Waals surface area contributed by atoms with E-state index in [4.69, 9.17) is 0 Å². The summed E-state index contributed by atoms with van der Waals surface area (Å²) < 4.78 is 1.31. The van der Waals surface area contributed by atoms with E-state index in [1.165, 1.54) is 22.3 Å². The van der Waals surface area contributed by atoms with Crippen LogP contribution in [0.3, 0.4) is 0 Å². The van der Waals surface area contributed by atoms with Gasteiger partial charge >= 0.3 is 0 Å². The minimum atomic E-state index is 1.15. The first-order valence-electron chi connectivity index (χ1n) is 4.95. The van der Waals surface area contributed by atoms with Crippen molar-refractivity contribution < 1.29 is 0 Å². The SMILES string of the molecule is CN1CCN(c2ccc(I)cc2)CC1. The summed E-state index contributed by atoms with van der Waals surface area (Å²) in [5, 5.41) is 0. The Morgan fingerprint density at radius 2 is 1.57 bits per heavy atom. The molecule has 0 bridgehead atoms. The predicted octanol–water partition coefficient (Wildman–Crippen LogP) is 2.04. The summed E-state index contributed by atoms with van der Waals surface area (Å²) in [5.74, 6) is 0. The van der Waals surface area contributed by atoms with Crippen LogP contribution in [0, 0.1) is 3.57 Å². The van der Waals surface area contributed by atoms with Crippen LogP contribution in [-0.2, 0) is 0 Å². The predicted molar refractivity (Wildman–Crippen MR) is 68.9 cm³/mol. The summed E-state index contributed by atoms with van der Waals surface area (Å²) in [5.41, 5.74) is 1.36. The molecule has 0 amide bonds. The van der Waals surface area contributed by atoms with E-state index in [1.54, 1.807) is 0 Å². The van der Waals surface area contributed by atoms with Gasteiger partial charge in [0.1, 0.15) is 0 Å². The highest BCUT2D eigenvalue weighted by Crippen LogP contribution is 2.17. The average molecular weight is 302 g/mol. The number of rotatable bonds is 1. The first kappa shape index (κ1) is 10.2. The Hall–Kier alpha value is -0.290. The second-order valence-electron chi connectivity index (χ2n) is 3.77. The molecule has 0 radical (unpaired) electrons. The van der Waals surface area contributed by atoms with Gasteiger partial charge in [0.25, 0.3) is 0 Å². The standard InChI is InChI=1S/C11H15IN2/c1-13-6-8-14(9-7-13)11-4-2-10(12)3-5-11/h2-5H,6-9H2,1H3. The molecule has 0 N–H and O–H groups in total. The van der Waals surface area contributed by atoms with E-state index in [-0.39, 0.29) is 0 Å². The molecule has 0 spiro atoms. The number of benzene rings is 1. The third-order valence-electron chi connectivity index (χ3n) is 2.70. The van der Waals surface area contributed by atoms with E-state index in [1.807, 2.05) is 0 Å². The van der Waals surface area contributed by atoms with Gasteiger partial charge in [-0.25, -0.2) is 0 Å². The summed E-state index contributed by atoms with van der Waals surface area (Å²) in [6.45, 7) is 4.64. The zero-order chi connectivity index (χ0) is 9.97. The number of hydrogen-bond acceptors (Lipinski definition) is 2. The van der Waals surface area contributed by atoms with Crippen LogP contribution in [0.2, 0.25) is 0 Å². The molecule has 0 unspecified atom stereocenters. The Morgan fingerprint density at radius 1 is 1.00 bits per heavy atom. The molecular formula is C11H15IN2. The molecule has 0 atom stereocenters. The maximum atomic E-state index is 2.45. The smallest absolute Gasteiger partial charge is 0.0367 e. The molecule has 0 saturated carbocycles. The molecule has 1 fully saturated rings. The van der Waals surface area contributed by atoms with Crippen molar-refractivity contribution in [3.05, 3.63) is 27.8 Å². The first-order chi connectivity index (χ1) is 6.75. The minimum Gasteiger partial charge on any atom is -0.369 e. The minimum absolute atomic E-state index is 1.15. The van der Waals surface area contributed by atoms with E-state index >= 15 is 0 Å². The lowest BCUT2D eigenvalue weighted by molar-refractivity contribution is 0.313. The molecule has 2 nitrogen and oxygen atoms in total. The van der Waals surface area contributed by atoms with Gasteiger partial charge in [-0.1, -0.05) is 0 Å². The Morgan fingerprint density at radius 3 is 2.14 bits per heavy atom. The van der Waals surface area contributed by atoms with Crippen molar-refractivity contribution in [2.75, 3.05) is 38.1 Å². The highest BCUT2D eigenvalue weighted by Gasteiger charge is 2.13. The molecule has 76 valence electrons. The molecule has 1 aromatic carbocycles. The van der Waals surface area contributed by atoms with Crippen molar-refractivity contribution in [3.8, 4) is 0 Å². The number of piperazine rings is 1. The monoisotopic (exact) mass is 302 g/mol. The molecule has 0 aliphatic carbocycles. The van der Waals surface area contributed by atoms with Gasteiger partial charge in [0, 0.05) is 35.4 Å². The summed E-state index contributed by atoms with van der Waals surface area (Å²) in [4.78, 5) is 4.83. The lowest BCUT2D eigenvalue weighted by atomic mass is 10.2. The van der Waals surface area contributed by atoms with E-state index < -0.39 is 0 Å². The van der Waals surface area contributed by atoms with Crippen LogP contribution in [-0.4, -0.2) is 38.1 Å². The molecule has 0 aromatic heterocycles. The highest BCUT2D eigenvalue weighted by molar-refractivity contribution is 14.1. The fourth-order valence-electron chi connectivity index (χ4n) is 1.72. The topological polar surface area (TPSA) is 6.48 Å². The highest BCUT2D eigenvalue weighted by atomic mass is 127. The van der Waals surface area contributed by atoms with Crippen LogP contribution >= 0.6 is 22.6 Å². The molecule has 1 heterocycles. The molecule has 1 aliphatic heterocycles. The van der Waals surface area contributed by atoms with E-state index in [9.17, 15) is 0 Å². The van der Waals surface area contributed by atoms with Gasteiger partial charge < -0.3 is 9.80 Å². The van der Waals surface area contributed by atoms with Crippen LogP contribution in [0.5, 0.6) is 0 Å². The van der Waals surface area contributed by atoms with Crippen LogP contribution in [0.4, 0.5) is 5.69 Å². The number of anilines is 1. The summed E-state index contributed by atoms with van der Waals surface area (Å²) >= 11 is 2.34. The van der Waals surface area contributed by atoms with Crippen LogP contribution in [0.1, 0.15) is 0 Å². The Labute approximate surface area is 99.0 Å². The Balaban J connectivity index is 2.05. The van der Waals surface area contributed by atoms with E-state index in [0.29, 0.717) is 0 Å². The van der Waals surface area contributed by atoms with Crippen LogP contribution in [0.25, 0.3) is 0 Å². The zero-order valence-corrected chi connectivity index (χ0v) is 10.6. The van der Waals surface area contributed by atoms with Gasteiger partial charge in [-0.05, 0) is 53.9 Å². The largest absolute Gasteiger partial charge is 0.369 e. The third kappa shape index (κ3) is 2.39. The van der Waals surface area contributed by atoms with Crippen LogP contribution < -0.4 is 4.90 Å². The molecule has 3 heteroatoms. The van der Waals surface area contributed by atoms with Crippen molar-refractivity contribution in [2.45, 2.75) is 0 Å². The van der Waals surface area contributed by atoms with Gasteiger partial charge in [0.2, 0.25) is 0 Å². The van der Waals surface area contributed by atoms with Crippen molar-refractivity contribution >= 4 is 28.3 Å². The maximum Gasteiger partial charge on any atom is 0.0367 e. The molecule has 1 aromatic rings. The normalized spacial score (nSPS) is 18.6. The Kier molecular flexibility index (Phi) is 3.28. The van der Waals surface area contributed by atoms with Crippen molar-refractivity contribution in [1.82, 2.24) is 4.90 Å². The molecule has 2 rings (SSSR count). The number of likely N-dealkylation sites (N-methyl/N-ethyl adjacent to an activating group) is 1. The second-order valence-corrected chi connectivity index (χ2v) is 5.01. The van der Waals surface area contributed by atoms with Crippen LogP contribution in [0.15, 0.2) is 24.3 Å². The van der Waals surface area contributed by atoms with Gasteiger partial charge in [-0.3, -0.25) is 0 Å². The lowest BCUT2D eigenvalue weighted by Gasteiger charge is -2.34. The van der Waals surface area contributed by atoms with Gasteiger partial charge in [-0.2, -0.15) is 0 Å². The fourth-order valence-corrected chi connectivity index (χ4v) is 2.08. The molecule has 1 saturated heterocycles. The Bertz CT molecular complexity index is 289. The zero-order valence-electron chi connectivity index (χ0n) is 8.41. The molecule has 14 heavy (non-hydrogen) atoms. The number of halogens is 1. The average Bonchev–Trinajstić information content (AvgIpc) is 2.21. The van der Waals surface area contributed by atoms with Crippen molar-refractivity contribution in [3.63, 3.8) is 0 Å². The molecule has 1 aliphatic rings. The second kappa shape index (κ2) is 4.49. The maximum absolute atomic E-state index is 2.45. The fraction of sp³-hybridized carbons (Fsp3) is 0.455. The number of hydrogen-bond donors (Lipinski definition) is 0. The summed E-state index contributed by atoms with van der Waals surface area (Å²) in [6.07, 6.45) is 0. The van der Waals surface area contributed by atoms with E-state index in [0.717, 1.165) is 13.1 Å². The van der Waals surface area contributed by atoms with Crippen molar-refractivity contribution in [2.24, 2.45) is 0 Å². The first-order valence-corrected chi connectivity index (χ1v) is 6.02. The van der Waals surface area contributed by atoms with E-state index in [2.05, 4.69) is 63.7 Å². The quantitative estimate of drug-likeness (QED) is 0.733. The number of nitrogens with zero attached hydrogens (tertiary/aromatic N) is 2. The van der Waals surface area contributed by atoms with Crippen molar-refractivity contribution in [1.29, 1.82) is 0 Å². The molecular weight excluding hydrogens is 287 g/mol. The third-order valence-corrected chi connectivity index (χ3v) is 3.41. The summed E-state index contributed by atoms with van der Waals surface area (Å²) in [7, 11) is 2.19. The summed E-state index contributed by atoms with van der Waals surface area (Å²) in [6, 6.07) is 8.78. The van der Waals surface area contributed by atoms with Gasteiger partial charge in [-0.15, -0.1) is 0 Å². The van der Waals surface area contributed by atoms with Gasteiger partial charge in [0.05, 0.1) is 0 Å². The lowest BCUT2D eigenvalue weighted by Crippen LogP contribution is -2.44. The van der Waals surface area contributed by atoms with Gasteiger partial charge in [0.15, 0.2) is 0 Å².